The highest BCUT2D eigenvalue weighted by Gasteiger charge is 2.11. The van der Waals surface area contributed by atoms with Crippen molar-refractivity contribution in [2.75, 3.05) is 6.54 Å². The van der Waals surface area contributed by atoms with Gasteiger partial charge in [-0.2, -0.15) is 0 Å². The second kappa shape index (κ2) is 5.84. The number of hydrogen-bond donors (Lipinski definition) is 2. The van der Waals surface area contributed by atoms with Gasteiger partial charge in [-0.25, -0.2) is 0 Å². The maximum Gasteiger partial charge on any atom is 0.261 e. The molecule has 0 aliphatic heterocycles. The Morgan fingerprint density at radius 3 is 3.06 bits per heavy atom. The largest absolute Gasteiger partial charge is 0.472 e. The van der Waals surface area contributed by atoms with Crippen LogP contribution in [0.2, 0.25) is 0 Å². The van der Waals surface area contributed by atoms with Crippen molar-refractivity contribution < 1.29 is 14.3 Å². The minimum absolute atomic E-state index is 0.0903. The molecule has 1 amide bonds. The van der Waals surface area contributed by atoms with Crippen LogP contribution in [0.15, 0.2) is 34.5 Å². The molecule has 2 N–H and O–H groups in total. The number of amides is 1. The Hall–Kier alpha value is -1.59. The Labute approximate surface area is 109 Å². The van der Waals surface area contributed by atoms with E-state index < -0.39 is 6.10 Å². The normalized spacial score (nSPS) is 12.3. The Bertz CT molecular complexity index is 504. The van der Waals surface area contributed by atoms with Gasteiger partial charge in [0.05, 0.1) is 23.5 Å². The molecule has 5 heteroatoms. The second-order valence-corrected chi connectivity index (χ2v) is 5.02. The van der Waals surface area contributed by atoms with Crippen molar-refractivity contribution in [2.45, 2.75) is 19.4 Å². The Morgan fingerprint density at radius 2 is 2.44 bits per heavy atom. The van der Waals surface area contributed by atoms with E-state index in [9.17, 15) is 9.90 Å². The predicted octanol–water partition coefficient (Wildman–Crippen LogP) is 2.50. The topological polar surface area (TPSA) is 62.5 Å². The van der Waals surface area contributed by atoms with Gasteiger partial charge in [-0.05, 0) is 36.4 Å². The molecule has 0 saturated carbocycles. The fraction of sp³-hybridized carbons (Fsp3) is 0.308. The summed E-state index contributed by atoms with van der Waals surface area (Å²) in [4.78, 5) is 12.4. The second-order valence-electron chi connectivity index (χ2n) is 4.11. The molecule has 1 unspecified atom stereocenters. The molecule has 4 nitrogen and oxygen atoms in total. The van der Waals surface area contributed by atoms with E-state index in [1.54, 1.807) is 6.07 Å². The van der Waals surface area contributed by atoms with Crippen LogP contribution >= 0.6 is 11.3 Å². The average Bonchev–Trinajstić information content (AvgIpc) is 2.99. The summed E-state index contributed by atoms with van der Waals surface area (Å²) in [6.45, 7) is 2.39. The van der Waals surface area contributed by atoms with Crippen molar-refractivity contribution in [3.8, 4) is 0 Å². The van der Waals surface area contributed by atoms with E-state index in [0.717, 1.165) is 11.1 Å². The number of carbonyl (C=O) groups excluding carboxylic acids is 1. The molecule has 0 aliphatic rings. The third-order valence-corrected chi connectivity index (χ3v) is 3.63. The first-order valence-electron chi connectivity index (χ1n) is 5.70. The SMILES string of the molecule is Cc1csc(C(=O)NCCC(O)c2ccoc2)c1. The van der Waals surface area contributed by atoms with Crippen LogP contribution in [-0.2, 0) is 0 Å². The molecule has 2 aromatic rings. The van der Waals surface area contributed by atoms with Gasteiger partial charge in [0.1, 0.15) is 0 Å². The first kappa shape index (κ1) is 12.9. The minimum Gasteiger partial charge on any atom is -0.472 e. The zero-order valence-corrected chi connectivity index (χ0v) is 10.9. The molecule has 2 heterocycles. The third kappa shape index (κ3) is 3.21. The molecule has 0 aliphatic carbocycles. The van der Waals surface area contributed by atoms with Gasteiger partial charge in [-0.1, -0.05) is 0 Å². The summed E-state index contributed by atoms with van der Waals surface area (Å²) >= 11 is 1.42. The summed E-state index contributed by atoms with van der Waals surface area (Å²) < 4.78 is 4.89. The lowest BCUT2D eigenvalue weighted by molar-refractivity contribution is 0.0946. The van der Waals surface area contributed by atoms with Gasteiger partial charge in [0.25, 0.3) is 5.91 Å². The lowest BCUT2D eigenvalue weighted by Crippen LogP contribution is -2.24. The number of hydrogen-bond acceptors (Lipinski definition) is 4. The van der Waals surface area contributed by atoms with Gasteiger partial charge in [-0.3, -0.25) is 4.79 Å². The van der Waals surface area contributed by atoms with Gasteiger partial charge in [0, 0.05) is 12.1 Å². The molecule has 0 spiro atoms. The first-order valence-corrected chi connectivity index (χ1v) is 6.58. The van der Waals surface area contributed by atoms with Crippen molar-refractivity contribution in [3.05, 3.63) is 46.0 Å². The summed E-state index contributed by atoms with van der Waals surface area (Å²) in [5, 5.41) is 14.5. The molecule has 0 radical (unpaired) electrons. The summed E-state index contributed by atoms with van der Waals surface area (Å²) in [6, 6.07) is 3.57. The molecule has 0 fully saturated rings. The van der Waals surface area contributed by atoms with E-state index in [4.69, 9.17) is 4.42 Å². The Kier molecular flexibility index (Phi) is 4.17. The quantitative estimate of drug-likeness (QED) is 0.873. The maximum absolute atomic E-state index is 11.7. The van der Waals surface area contributed by atoms with E-state index in [0.29, 0.717) is 17.8 Å². The number of thiophene rings is 1. The van der Waals surface area contributed by atoms with E-state index in [1.807, 2.05) is 18.4 Å². The summed E-state index contributed by atoms with van der Waals surface area (Å²) in [7, 11) is 0. The number of furan rings is 1. The molecular formula is C13H15NO3S. The van der Waals surface area contributed by atoms with Crippen molar-refractivity contribution in [2.24, 2.45) is 0 Å². The molecule has 0 aromatic carbocycles. The summed E-state index contributed by atoms with van der Waals surface area (Å²) in [5.41, 5.74) is 1.82. The first-order chi connectivity index (χ1) is 8.66. The average molecular weight is 265 g/mol. The van der Waals surface area contributed by atoms with Gasteiger partial charge in [-0.15, -0.1) is 11.3 Å². The van der Waals surface area contributed by atoms with Crippen LogP contribution in [0.3, 0.4) is 0 Å². The van der Waals surface area contributed by atoms with Gasteiger partial charge in [0.2, 0.25) is 0 Å². The van der Waals surface area contributed by atoms with Crippen LogP contribution < -0.4 is 5.32 Å². The molecule has 2 rings (SSSR count). The highest BCUT2D eigenvalue weighted by atomic mass is 32.1. The third-order valence-electron chi connectivity index (χ3n) is 2.59. The van der Waals surface area contributed by atoms with Gasteiger partial charge < -0.3 is 14.8 Å². The van der Waals surface area contributed by atoms with E-state index in [1.165, 1.54) is 23.9 Å². The van der Waals surface area contributed by atoms with E-state index in [-0.39, 0.29) is 5.91 Å². The lowest BCUT2D eigenvalue weighted by atomic mass is 10.1. The number of nitrogens with one attached hydrogen (secondary N) is 1. The van der Waals surface area contributed by atoms with E-state index >= 15 is 0 Å². The lowest BCUT2D eigenvalue weighted by Gasteiger charge is -2.08. The van der Waals surface area contributed by atoms with Crippen LogP contribution in [0.5, 0.6) is 0 Å². The number of aliphatic hydroxyl groups is 1. The van der Waals surface area contributed by atoms with Crippen molar-refractivity contribution in [1.82, 2.24) is 5.32 Å². The molecule has 18 heavy (non-hydrogen) atoms. The molecule has 96 valence electrons. The molecule has 1 atom stereocenters. The Morgan fingerprint density at radius 1 is 1.61 bits per heavy atom. The minimum atomic E-state index is -0.603. The summed E-state index contributed by atoms with van der Waals surface area (Å²) in [5.74, 6) is -0.0903. The predicted molar refractivity (Wildman–Crippen MR) is 69.7 cm³/mol. The zero-order chi connectivity index (χ0) is 13.0. The number of aliphatic hydroxyl groups excluding tert-OH is 1. The van der Waals surface area contributed by atoms with Gasteiger partial charge in [0.15, 0.2) is 0 Å². The smallest absolute Gasteiger partial charge is 0.261 e. The van der Waals surface area contributed by atoms with Crippen molar-refractivity contribution in [3.63, 3.8) is 0 Å². The van der Waals surface area contributed by atoms with Crippen LogP contribution in [-0.4, -0.2) is 17.6 Å². The number of aryl methyl sites for hydroxylation is 1. The Balaban J connectivity index is 1.77. The van der Waals surface area contributed by atoms with Crippen molar-refractivity contribution in [1.29, 1.82) is 0 Å². The maximum atomic E-state index is 11.7. The molecule has 0 saturated heterocycles. The zero-order valence-electron chi connectivity index (χ0n) is 10.1. The fourth-order valence-electron chi connectivity index (χ4n) is 1.59. The molecule has 2 aromatic heterocycles. The van der Waals surface area contributed by atoms with E-state index in [2.05, 4.69) is 5.32 Å². The van der Waals surface area contributed by atoms with Crippen LogP contribution in [0.25, 0.3) is 0 Å². The summed E-state index contributed by atoms with van der Waals surface area (Å²) in [6.07, 6.45) is 2.89. The standard InChI is InChI=1S/C13H15NO3S/c1-9-6-12(18-8-9)13(16)14-4-2-11(15)10-3-5-17-7-10/h3,5-8,11,15H,2,4H2,1H3,(H,14,16). The van der Waals surface area contributed by atoms with Gasteiger partial charge >= 0.3 is 0 Å². The molecular weight excluding hydrogens is 250 g/mol. The van der Waals surface area contributed by atoms with Crippen LogP contribution in [0.4, 0.5) is 0 Å². The highest BCUT2D eigenvalue weighted by molar-refractivity contribution is 7.12. The number of carbonyl (C=O) groups is 1. The fourth-order valence-corrected chi connectivity index (χ4v) is 2.41. The molecule has 0 bridgehead atoms. The van der Waals surface area contributed by atoms with Crippen molar-refractivity contribution >= 4 is 17.2 Å². The highest BCUT2D eigenvalue weighted by Crippen LogP contribution is 2.16. The number of rotatable bonds is 5. The van der Waals surface area contributed by atoms with Crippen LogP contribution in [0.1, 0.15) is 33.3 Å². The monoisotopic (exact) mass is 265 g/mol. The van der Waals surface area contributed by atoms with Crippen LogP contribution in [0, 0.1) is 6.92 Å².